The predicted octanol–water partition coefficient (Wildman–Crippen LogP) is 2.34. The molecule has 0 bridgehead atoms. The summed E-state index contributed by atoms with van der Waals surface area (Å²) in [5.74, 6) is -0.807. The maximum absolute atomic E-state index is 11.6. The van der Waals surface area contributed by atoms with Crippen molar-refractivity contribution in [2.24, 2.45) is 4.99 Å². The number of phenolic OH excluding ortho intramolecular Hbond substituents is 1. The summed E-state index contributed by atoms with van der Waals surface area (Å²) in [6.07, 6.45) is 3.47. The number of carbonyl (C=O) groups excluding carboxylic acids is 1. The van der Waals surface area contributed by atoms with Crippen LogP contribution >= 0.6 is 0 Å². The van der Waals surface area contributed by atoms with Crippen LogP contribution in [0.2, 0.25) is 0 Å². The van der Waals surface area contributed by atoms with E-state index in [0.29, 0.717) is 11.1 Å². The van der Waals surface area contributed by atoms with Crippen LogP contribution in [0.5, 0.6) is 11.5 Å². The highest BCUT2D eigenvalue weighted by Crippen LogP contribution is 2.26. The Kier molecular flexibility index (Phi) is 6.15. The minimum atomic E-state index is -1.20. The molecule has 0 aliphatic heterocycles. The second-order valence-electron chi connectivity index (χ2n) is 5.03. The fourth-order valence-electron chi connectivity index (χ4n) is 2.08. The molecule has 2 rings (SSSR count). The summed E-state index contributed by atoms with van der Waals surface area (Å²) in [6, 6.07) is 7.43. The van der Waals surface area contributed by atoms with E-state index in [9.17, 15) is 19.8 Å². The highest BCUT2D eigenvalue weighted by molar-refractivity contribution is 6.14. The zero-order valence-electron chi connectivity index (χ0n) is 14.2. The predicted molar refractivity (Wildman–Crippen MR) is 93.5 cm³/mol. The molecule has 8 nitrogen and oxygen atoms in total. The first-order valence-corrected chi connectivity index (χ1v) is 7.66. The SMILES string of the molecule is CCOC(=O)N=c1ccn(C(=Cc2cc(OC)ccc2O)C(=O)O)cc1. The number of nitrogens with zero attached hydrogens (tertiary/aromatic N) is 2. The van der Waals surface area contributed by atoms with Gasteiger partial charge < -0.3 is 24.3 Å². The lowest BCUT2D eigenvalue weighted by atomic mass is 10.1. The minimum absolute atomic E-state index is 0.0842. The smallest absolute Gasteiger partial charge is 0.434 e. The average molecular weight is 358 g/mol. The second-order valence-corrected chi connectivity index (χ2v) is 5.03. The van der Waals surface area contributed by atoms with Gasteiger partial charge in [-0.25, -0.2) is 9.59 Å². The van der Waals surface area contributed by atoms with Gasteiger partial charge in [0.05, 0.1) is 19.1 Å². The van der Waals surface area contributed by atoms with Gasteiger partial charge in [-0.1, -0.05) is 0 Å². The van der Waals surface area contributed by atoms with Crippen molar-refractivity contribution in [1.82, 2.24) is 4.57 Å². The Bertz CT molecular complexity index is 894. The van der Waals surface area contributed by atoms with E-state index in [1.54, 1.807) is 13.0 Å². The van der Waals surface area contributed by atoms with Crippen molar-refractivity contribution in [2.45, 2.75) is 6.92 Å². The van der Waals surface area contributed by atoms with Crippen LogP contribution in [-0.4, -0.2) is 40.6 Å². The summed E-state index contributed by atoms with van der Waals surface area (Å²) in [7, 11) is 1.47. The number of rotatable bonds is 5. The molecule has 0 atom stereocenters. The molecular weight excluding hydrogens is 340 g/mol. The molecule has 0 unspecified atom stereocenters. The molecule has 2 aromatic rings. The number of pyridine rings is 1. The van der Waals surface area contributed by atoms with E-state index in [-0.39, 0.29) is 23.6 Å². The van der Waals surface area contributed by atoms with Crippen LogP contribution in [0.4, 0.5) is 4.79 Å². The Morgan fingerprint density at radius 1 is 1.23 bits per heavy atom. The molecule has 0 radical (unpaired) electrons. The first-order chi connectivity index (χ1) is 12.4. The molecular formula is C18H18N2O6. The standard InChI is InChI=1S/C18H18N2O6/c1-3-26-18(24)19-13-6-8-20(9-7-13)15(17(22)23)11-12-10-14(25-2)4-5-16(12)21/h4-11,21H,3H2,1-2H3,(H,22,23). The number of aliphatic carboxylic acids is 1. The van der Waals surface area contributed by atoms with Gasteiger partial charge in [0.15, 0.2) is 0 Å². The van der Waals surface area contributed by atoms with Gasteiger partial charge in [-0.15, -0.1) is 0 Å². The molecule has 1 aromatic heterocycles. The Labute approximate surface area is 149 Å². The van der Waals surface area contributed by atoms with Crippen molar-refractivity contribution >= 4 is 23.8 Å². The number of hydrogen-bond acceptors (Lipinski definition) is 5. The molecule has 0 saturated heterocycles. The molecule has 0 aliphatic rings. The number of aromatic hydroxyl groups is 1. The zero-order chi connectivity index (χ0) is 19.1. The lowest BCUT2D eigenvalue weighted by Crippen LogP contribution is -2.12. The molecule has 8 heteroatoms. The molecule has 136 valence electrons. The van der Waals surface area contributed by atoms with Gasteiger partial charge >= 0.3 is 12.1 Å². The highest BCUT2D eigenvalue weighted by Gasteiger charge is 2.11. The summed E-state index contributed by atoms with van der Waals surface area (Å²) in [5.41, 5.74) is 0.172. The molecule has 0 spiro atoms. The summed E-state index contributed by atoms with van der Waals surface area (Å²) in [4.78, 5) is 26.7. The largest absolute Gasteiger partial charge is 0.507 e. The van der Waals surface area contributed by atoms with Crippen molar-refractivity contribution in [3.63, 3.8) is 0 Å². The Balaban J connectivity index is 2.42. The van der Waals surface area contributed by atoms with Gasteiger partial charge in [-0.2, -0.15) is 4.99 Å². The lowest BCUT2D eigenvalue weighted by Gasteiger charge is -2.09. The number of ether oxygens (including phenoxy) is 2. The molecule has 26 heavy (non-hydrogen) atoms. The molecule has 1 heterocycles. The maximum atomic E-state index is 11.6. The number of hydrogen-bond donors (Lipinski definition) is 2. The van der Waals surface area contributed by atoms with Crippen LogP contribution in [0.1, 0.15) is 12.5 Å². The van der Waals surface area contributed by atoms with E-state index in [4.69, 9.17) is 9.47 Å². The third kappa shape index (κ3) is 4.73. The number of methoxy groups -OCH3 is 1. The van der Waals surface area contributed by atoms with Crippen LogP contribution in [0, 0.1) is 0 Å². The molecule has 0 aliphatic carbocycles. The zero-order valence-corrected chi connectivity index (χ0v) is 14.2. The van der Waals surface area contributed by atoms with Gasteiger partial charge in [-0.05, 0) is 43.3 Å². The third-order valence-corrected chi connectivity index (χ3v) is 3.32. The fourth-order valence-corrected chi connectivity index (χ4v) is 2.08. The van der Waals surface area contributed by atoms with Crippen molar-refractivity contribution in [1.29, 1.82) is 0 Å². The molecule has 0 fully saturated rings. The average Bonchev–Trinajstić information content (AvgIpc) is 2.62. The number of benzene rings is 1. The Morgan fingerprint density at radius 3 is 2.50 bits per heavy atom. The normalized spacial score (nSPS) is 10.9. The van der Waals surface area contributed by atoms with Crippen LogP contribution in [-0.2, 0) is 9.53 Å². The van der Waals surface area contributed by atoms with Crippen molar-refractivity contribution in [2.75, 3.05) is 13.7 Å². The van der Waals surface area contributed by atoms with E-state index in [1.165, 1.54) is 54.4 Å². The van der Waals surface area contributed by atoms with Crippen molar-refractivity contribution in [3.05, 3.63) is 53.6 Å². The van der Waals surface area contributed by atoms with Crippen LogP contribution < -0.4 is 10.1 Å². The van der Waals surface area contributed by atoms with E-state index < -0.39 is 12.1 Å². The number of phenols is 1. The van der Waals surface area contributed by atoms with E-state index in [1.807, 2.05) is 0 Å². The minimum Gasteiger partial charge on any atom is -0.507 e. The quantitative estimate of drug-likeness (QED) is 0.794. The summed E-state index contributed by atoms with van der Waals surface area (Å²) < 4.78 is 11.1. The second kappa shape index (κ2) is 8.52. The number of carboxylic acids is 1. The molecule has 0 saturated carbocycles. The van der Waals surface area contributed by atoms with Gasteiger partial charge in [0.2, 0.25) is 0 Å². The van der Waals surface area contributed by atoms with Gasteiger partial charge in [0.1, 0.15) is 17.2 Å². The first kappa shape index (κ1) is 18.8. The number of carbonyl (C=O) groups is 2. The topological polar surface area (TPSA) is 110 Å². The third-order valence-electron chi connectivity index (χ3n) is 3.32. The summed E-state index contributed by atoms with van der Waals surface area (Å²) >= 11 is 0. The first-order valence-electron chi connectivity index (χ1n) is 7.66. The summed E-state index contributed by atoms with van der Waals surface area (Å²) in [5, 5.41) is 19.8. The van der Waals surface area contributed by atoms with Gasteiger partial charge in [-0.3, -0.25) is 0 Å². The van der Waals surface area contributed by atoms with Crippen LogP contribution in [0.3, 0.4) is 0 Å². The number of aromatic nitrogens is 1. The maximum Gasteiger partial charge on any atom is 0.434 e. The Morgan fingerprint density at radius 2 is 1.92 bits per heavy atom. The van der Waals surface area contributed by atoms with Gasteiger partial charge in [0, 0.05) is 18.0 Å². The lowest BCUT2D eigenvalue weighted by molar-refractivity contribution is -0.130. The molecule has 2 N–H and O–H groups in total. The van der Waals surface area contributed by atoms with E-state index >= 15 is 0 Å². The molecule has 1 aromatic carbocycles. The fraction of sp³-hybridized carbons (Fsp3) is 0.167. The van der Waals surface area contributed by atoms with Crippen LogP contribution in [0.15, 0.2) is 47.7 Å². The summed E-state index contributed by atoms with van der Waals surface area (Å²) in [6.45, 7) is 1.88. The number of carboxylic acid groups (broad SMARTS) is 1. The monoisotopic (exact) mass is 358 g/mol. The highest BCUT2D eigenvalue weighted by atomic mass is 16.5. The van der Waals surface area contributed by atoms with E-state index in [2.05, 4.69) is 4.99 Å². The van der Waals surface area contributed by atoms with Crippen LogP contribution in [0.25, 0.3) is 11.8 Å². The van der Waals surface area contributed by atoms with Crippen molar-refractivity contribution in [3.8, 4) is 11.5 Å². The number of amides is 1. The molecule has 1 amide bonds. The van der Waals surface area contributed by atoms with Gasteiger partial charge in [0.25, 0.3) is 0 Å². The van der Waals surface area contributed by atoms with Crippen molar-refractivity contribution < 1.29 is 29.3 Å². The van der Waals surface area contributed by atoms with E-state index in [0.717, 1.165) is 0 Å². The Hall–Kier alpha value is -3.55.